The second kappa shape index (κ2) is 15.4. The van der Waals surface area contributed by atoms with Crippen LogP contribution < -0.4 is 16.4 Å². The fraction of sp³-hybridized carbons (Fsp3) is 0.393. The van der Waals surface area contributed by atoms with Crippen LogP contribution in [0.2, 0.25) is 0 Å². The first-order chi connectivity index (χ1) is 17.2. The third kappa shape index (κ3) is 8.29. The van der Waals surface area contributed by atoms with Gasteiger partial charge in [0.25, 0.3) is 0 Å². The van der Waals surface area contributed by atoms with E-state index >= 15 is 0 Å². The number of benzene rings is 1. The van der Waals surface area contributed by atoms with Gasteiger partial charge in [0.15, 0.2) is 0 Å². The molecular formula is C28H40F2N6. The van der Waals surface area contributed by atoms with Crippen LogP contribution in [-0.4, -0.2) is 36.3 Å². The maximum absolute atomic E-state index is 14.4. The zero-order chi connectivity index (χ0) is 27.3. The maximum atomic E-state index is 14.4. The molecule has 1 aromatic heterocycles. The van der Waals surface area contributed by atoms with Crippen molar-refractivity contribution in [3.63, 3.8) is 0 Å². The Bertz CT molecular complexity index is 1080. The van der Waals surface area contributed by atoms with E-state index in [0.29, 0.717) is 18.1 Å². The van der Waals surface area contributed by atoms with Gasteiger partial charge in [-0.05, 0) is 50.1 Å². The minimum Gasteiger partial charge on any atom is -0.404 e. The first-order valence-electron chi connectivity index (χ1n) is 12.2. The molecule has 0 spiro atoms. The number of allylic oxidation sites excluding steroid dienone is 1. The molecule has 0 radical (unpaired) electrons. The van der Waals surface area contributed by atoms with Gasteiger partial charge in [-0.15, -0.1) is 6.58 Å². The van der Waals surface area contributed by atoms with E-state index in [4.69, 9.17) is 11.5 Å². The number of nitrogens with two attached hydrogens (primary N) is 2. The predicted octanol–water partition coefficient (Wildman–Crippen LogP) is 6.41. The first kappa shape index (κ1) is 30.5. The SMILES string of the molecule is C=C(C)CC.C=Cc1c(N)nc(N2CCCC(/C(C=NC)=C/N)C2)nc1-c1ccc(F)cc1F.CC. The maximum Gasteiger partial charge on any atom is 0.227 e. The summed E-state index contributed by atoms with van der Waals surface area (Å²) >= 11 is 0. The number of aromatic nitrogens is 2. The highest BCUT2D eigenvalue weighted by molar-refractivity contribution is 5.80. The molecule has 0 amide bonds. The van der Waals surface area contributed by atoms with Crippen molar-refractivity contribution in [3.05, 3.63) is 65.9 Å². The van der Waals surface area contributed by atoms with Crippen LogP contribution in [0.15, 0.2) is 53.7 Å². The Labute approximate surface area is 214 Å². The van der Waals surface area contributed by atoms with Crippen molar-refractivity contribution in [1.82, 2.24) is 9.97 Å². The Morgan fingerprint density at radius 1 is 1.28 bits per heavy atom. The number of hydrogen-bond acceptors (Lipinski definition) is 6. The number of nitrogen functional groups attached to an aromatic ring is 1. The molecule has 1 saturated heterocycles. The van der Waals surface area contributed by atoms with Gasteiger partial charge in [-0.3, -0.25) is 4.99 Å². The lowest BCUT2D eigenvalue weighted by Crippen LogP contribution is -2.38. The molecule has 1 fully saturated rings. The van der Waals surface area contributed by atoms with E-state index < -0.39 is 11.6 Å². The number of hydrogen-bond donors (Lipinski definition) is 2. The lowest BCUT2D eigenvalue weighted by Gasteiger charge is -2.33. The summed E-state index contributed by atoms with van der Waals surface area (Å²) in [5.41, 5.74) is 14.9. The molecular weight excluding hydrogens is 458 g/mol. The average Bonchev–Trinajstić information content (AvgIpc) is 2.88. The Morgan fingerprint density at radius 3 is 2.47 bits per heavy atom. The Hall–Kier alpha value is -3.55. The molecule has 1 unspecified atom stereocenters. The molecule has 1 aromatic carbocycles. The van der Waals surface area contributed by atoms with Gasteiger partial charge >= 0.3 is 0 Å². The normalized spacial score (nSPS) is 15.5. The second-order valence-electron chi connectivity index (χ2n) is 8.15. The summed E-state index contributed by atoms with van der Waals surface area (Å²) in [5, 5.41) is 0. The first-order valence-corrected chi connectivity index (χ1v) is 12.2. The lowest BCUT2D eigenvalue weighted by molar-refractivity contribution is 0.471. The summed E-state index contributed by atoms with van der Waals surface area (Å²) in [6.45, 7) is 16.9. The monoisotopic (exact) mass is 498 g/mol. The number of piperidine rings is 1. The minimum atomic E-state index is -0.721. The molecule has 1 aliphatic heterocycles. The highest BCUT2D eigenvalue weighted by Gasteiger charge is 2.26. The van der Waals surface area contributed by atoms with Gasteiger partial charge in [-0.2, -0.15) is 4.98 Å². The molecule has 0 saturated carbocycles. The van der Waals surface area contributed by atoms with Crippen molar-refractivity contribution in [3.8, 4) is 11.3 Å². The molecule has 2 heterocycles. The number of nitrogens with zero attached hydrogens (tertiary/aromatic N) is 4. The summed E-state index contributed by atoms with van der Waals surface area (Å²) in [7, 11) is 1.70. The smallest absolute Gasteiger partial charge is 0.227 e. The molecule has 8 heteroatoms. The second-order valence-corrected chi connectivity index (χ2v) is 8.15. The molecule has 1 atom stereocenters. The fourth-order valence-corrected chi connectivity index (χ4v) is 3.57. The summed E-state index contributed by atoms with van der Waals surface area (Å²) < 4.78 is 27.8. The van der Waals surface area contributed by atoms with Crippen molar-refractivity contribution >= 4 is 24.1 Å². The summed E-state index contributed by atoms with van der Waals surface area (Å²) in [5.74, 6) is -0.628. The summed E-state index contributed by atoms with van der Waals surface area (Å²) in [4.78, 5) is 15.0. The van der Waals surface area contributed by atoms with E-state index in [1.165, 1.54) is 23.8 Å². The highest BCUT2D eigenvalue weighted by atomic mass is 19.1. The van der Waals surface area contributed by atoms with E-state index in [-0.39, 0.29) is 23.0 Å². The largest absolute Gasteiger partial charge is 0.404 e. The summed E-state index contributed by atoms with van der Waals surface area (Å²) in [6.07, 6.45) is 7.78. The van der Waals surface area contributed by atoms with Crippen molar-refractivity contribution in [2.45, 2.75) is 47.0 Å². The van der Waals surface area contributed by atoms with Crippen LogP contribution in [0.25, 0.3) is 17.3 Å². The molecule has 2 aromatic rings. The number of aliphatic imine (C=N–C) groups is 1. The van der Waals surface area contributed by atoms with Crippen LogP contribution in [0.4, 0.5) is 20.5 Å². The van der Waals surface area contributed by atoms with Gasteiger partial charge in [-0.1, -0.05) is 39.0 Å². The van der Waals surface area contributed by atoms with E-state index in [0.717, 1.165) is 37.4 Å². The minimum absolute atomic E-state index is 0.144. The topological polar surface area (TPSA) is 93.4 Å². The Balaban J connectivity index is 0.000000826. The van der Waals surface area contributed by atoms with Gasteiger partial charge in [0.05, 0.1) is 5.69 Å². The Morgan fingerprint density at radius 2 is 1.94 bits per heavy atom. The molecule has 196 valence electrons. The van der Waals surface area contributed by atoms with Gasteiger partial charge in [0.2, 0.25) is 5.95 Å². The zero-order valence-corrected chi connectivity index (χ0v) is 22.2. The quantitative estimate of drug-likeness (QED) is 0.355. The van der Waals surface area contributed by atoms with Gasteiger partial charge in [-0.25, -0.2) is 13.8 Å². The van der Waals surface area contributed by atoms with Crippen molar-refractivity contribution < 1.29 is 8.78 Å². The van der Waals surface area contributed by atoms with Gasteiger partial charge in [0.1, 0.15) is 17.5 Å². The van der Waals surface area contributed by atoms with Crippen molar-refractivity contribution in [2.24, 2.45) is 16.6 Å². The van der Waals surface area contributed by atoms with E-state index in [9.17, 15) is 8.78 Å². The van der Waals surface area contributed by atoms with Crippen LogP contribution in [0.1, 0.15) is 52.5 Å². The number of anilines is 2. The van der Waals surface area contributed by atoms with Crippen LogP contribution in [0.3, 0.4) is 0 Å². The van der Waals surface area contributed by atoms with Gasteiger partial charge in [0, 0.05) is 49.5 Å². The molecule has 1 aliphatic rings. The predicted molar refractivity (Wildman–Crippen MR) is 150 cm³/mol. The molecule has 0 bridgehead atoms. The standard InChI is InChI=1S/C21H24F2N6.C5H10.C2H6/c1-3-16-19(17-7-6-15(22)9-18(17)23)27-21(28-20(16)25)29-8-4-5-13(12-29)14(10-24)11-26-2;1-4-5(2)3;1-2/h3,6-7,9-11,13H,1,4-5,8,12,24H2,2H3,(H2,25,27,28);2,4H2,1,3H3;1-2H3/b14-10+,26-11?;;. The van der Waals surface area contributed by atoms with Crippen LogP contribution in [-0.2, 0) is 0 Å². The van der Waals surface area contributed by atoms with Crippen molar-refractivity contribution in [1.29, 1.82) is 0 Å². The van der Waals surface area contributed by atoms with E-state index in [1.807, 2.05) is 25.7 Å². The third-order valence-corrected chi connectivity index (χ3v) is 5.60. The summed E-state index contributed by atoms with van der Waals surface area (Å²) in [6, 6.07) is 3.34. The van der Waals surface area contributed by atoms with Crippen molar-refractivity contribution in [2.75, 3.05) is 30.8 Å². The van der Waals surface area contributed by atoms with Crippen LogP contribution >= 0.6 is 0 Å². The molecule has 4 N–H and O–H groups in total. The number of rotatable bonds is 6. The van der Waals surface area contributed by atoms with Crippen LogP contribution in [0, 0.1) is 17.6 Å². The lowest BCUT2D eigenvalue weighted by atomic mass is 9.91. The van der Waals surface area contributed by atoms with Crippen LogP contribution in [0.5, 0.6) is 0 Å². The Kier molecular flexibility index (Phi) is 13.1. The molecule has 36 heavy (non-hydrogen) atoms. The number of halogens is 2. The molecule has 0 aliphatic carbocycles. The van der Waals surface area contributed by atoms with E-state index in [1.54, 1.807) is 19.5 Å². The fourth-order valence-electron chi connectivity index (χ4n) is 3.57. The molecule has 6 nitrogen and oxygen atoms in total. The molecule has 3 rings (SSSR count). The zero-order valence-electron chi connectivity index (χ0n) is 22.2. The highest BCUT2D eigenvalue weighted by Crippen LogP contribution is 2.32. The average molecular weight is 499 g/mol. The van der Waals surface area contributed by atoms with Gasteiger partial charge < -0.3 is 16.4 Å². The van der Waals surface area contributed by atoms with E-state index in [2.05, 4.69) is 35.0 Å². The third-order valence-electron chi connectivity index (χ3n) is 5.60.